The van der Waals surface area contributed by atoms with Crippen molar-refractivity contribution in [1.29, 1.82) is 0 Å². The zero-order chi connectivity index (χ0) is 14.2. The topological polar surface area (TPSA) is 38.7 Å². The number of benzene rings is 2. The van der Waals surface area contributed by atoms with Gasteiger partial charge in [-0.3, -0.25) is 0 Å². The van der Waals surface area contributed by atoms with Gasteiger partial charge in [0.15, 0.2) is 0 Å². The smallest absolute Gasteiger partial charge is 0.128 e. The van der Waals surface area contributed by atoms with E-state index in [1.165, 1.54) is 4.90 Å². The third-order valence-corrected chi connectivity index (χ3v) is 3.77. The van der Waals surface area contributed by atoms with Crippen LogP contribution in [0.4, 0.5) is 0 Å². The van der Waals surface area contributed by atoms with Gasteiger partial charge in [0.05, 0.1) is 20.3 Å². The minimum absolute atomic E-state index is 0.0366. The predicted molar refractivity (Wildman–Crippen MR) is 81.6 cm³/mol. The van der Waals surface area contributed by atoms with E-state index in [-0.39, 0.29) is 6.61 Å². The predicted octanol–water partition coefficient (Wildman–Crippen LogP) is 3.36. The Kier molecular flexibility index (Phi) is 5.77. The van der Waals surface area contributed by atoms with Crippen LogP contribution in [0.25, 0.3) is 0 Å². The Morgan fingerprint density at radius 2 is 1.90 bits per heavy atom. The molecule has 1 N–H and O–H groups in total. The highest BCUT2D eigenvalue weighted by Crippen LogP contribution is 2.25. The van der Waals surface area contributed by atoms with E-state index in [1.807, 2.05) is 30.3 Å². The summed E-state index contributed by atoms with van der Waals surface area (Å²) in [6.07, 6.45) is 0. The molecule has 106 valence electrons. The van der Waals surface area contributed by atoms with E-state index in [4.69, 9.17) is 9.47 Å². The van der Waals surface area contributed by atoms with Crippen molar-refractivity contribution >= 4 is 11.8 Å². The van der Waals surface area contributed by atoms with Gasteiger partial charge in [-0.25, -0.2) is 0 Å². The molecule has 0 aliphatic carbocycles. The summed E-state index contributed by atoms with van der Waals surface area (Å²) in [6.45, 7) is 0.547. The first-order chi connectivity index (χ1) is 9.83. The molecule has 0 radical (unpaired) electrons. The third-order valence-electron chi connectivity index (χ3n) is 2.80. The number of aliphatic hydroxyl groups is 1. The van der Waals surface area contributed by atoms with E-state index >= 15 is 0 Å². The molecular weight excluding hydrogens is 272 g/mol. The lowest BCUT2D eigenvalue weighted by Gasteiger charge is -2.11. The van der Waals surface area contributed by atoms with Crippen molar-refractivity contribution in [2.24, 2.45) is 0 Å². The number of aliphatic hydroxyl groups excluding tert-OH is 1. The Morgan fingerprint density at radius 1 is 1.10 bits per heavy atom. The van der Waals surface area contributed by atoms with E-state index in [9.17, 15) is 5.11 Å². The van der Waals surface area contributed by atoms with Crippen LogP contribution in [0.1, 0.15) is 5.56 Å². The summed E-state index contributed by atoms with van der Waals surface area (Å²) < 4.78 is 10.9. The van der Waals surface area contributed by atoms with Crippen LogP contribution in [0.2, 0.25) is 0 Å². The fourth-order valence-corrected chi connectivity index (χ4v) is 2.51. The van der Waals surface area contributed by atoms with Crippen LogP contribution < -0.4 is 9.47 Å². The van der Waals surface area contributed by atoms with Gasteiger partial charge in [-0.15, -0.1) is 11.8 Å². The number of hydrogen-bond acceptors (Lipinski definition) is 4. The minimum atomic E-state index is -0.0366. The van der Waals surface area contributed by atoms with Gasteiger partial charge in [0.1, 0.15) is 11.5 Å². The lowest BCUT2D eigenvalue weighted by atomic mass is 10.2. The summed E-state index contributed by atoms with van der Waals surface area (Å²) >= 11 is 1.74. The van der Waals surface area contributed by atoms with Crippen molar-refractivity contribution in [3.05, 3.63) is 54.1 Å². The maximum Gasteiger partial charge on any atom is 0.128 e. The first-order valence-corrected chi connectivity index (χ1v) is 7.40. The second-order valence-corrected chi connectivity index (χ2v) is 5.31. The van der Waals surface area contributed by atoms with Gasteiger partial charge < -0.3 is 14.6 Å². The zero-order valence-corrected chi connectivity index (χ0v) is 12.2. The molecule has 0 atom stereocenters. The van der Waals surface area contributed by atoms with Crippen LogP contribution in [-0.2, 0) is 6.61 Å². The van der Waals surface area contributed by atoms with Gasteiger partial charge in [-0.2, -0.15) is 0 Å². The van der Waals surface area contributed by atoms with Crippen molar-refractivity contribution in [2.75, 3.05) is 19.5 Å². The Balaban J connectivity index is 1.87. The van der Waals surface area contributed by atoms with Crippen LogP contribution in [0.5, 0.6) is 11.5 Å². The molecule has 0 fully saturated rings. The van der Waals surface area contributed by atoms with Crippen molar-refractivity contribution in [3.8, 4) is 11.5 Å². The maximum absolute atomic E-state index is 9.29. The summed E-state index contributed by atoms with van der Waals surface area (Å²) in [5.41, 5.74) is 0.774. The van der Waals surface area contributed by atoms with E-state index in [0.29, 0.717) is 12.4 Å². The van der Waals surface area contributed by atoms with E-state index in [0.717, 1.165) is 17.1 Å². The molecular formula is C16H18O3S. The Labute approximate surface area is 123 Å². The monoisotopic (exact) mass is 290 g/mol. The Morgan fingerprint density at radius 3 is 2.60 bits per heavy atom. The molecule has 0 unspecified atom stereocenters. The van der Waals surface area contributed by atoms with E-state index in [1.54, 1.807) is 24.9 Å². The summed E-state index contributed by atoms with van der Waals surface area (Å²) in [6, 6.07) is 15.6. The maximum atomic E-state index is 9.29. The largest absolute Gasteiger partial charge is 0.497 e. The molecule has 0 amide bonds. The Bertz CT molecular complexity index is 529. The van der Waals surface area contributed by atoms with Crippen molar-refractivity contribution in [1.82, 2.24) is 0 Å². The molecule has 0 heterocycles. The quantitative estimate of drug-likeness (QED) is 0.627. The lowest BCUT2D eigenvalue weighted by Crippen LogP contribution is -2.03. The molecule has 4 heteroatoms. The molecule has 0 saturated carbocycles. The summed E-state index contributed by atoms with van der Waals surface area (Å²) in [5, 5.41) is 9.29. The summed E-state index contributed by atoms with van der Waals surface area (Å²) in [7, 11) is 1.61. The summed E-state index contributed by atoms with van der Waals surface area (Å²) in [4.78, 5) is 1.23. The average Bonchev–Trinajstić information content (AvgIpc) is 2.52. The van der Waals surface area contributed by atoms with Crippen LogP contribution in [-0.4, -0.2) is 24.6 Å². The lowest BCUT2D eigenvalue weighted by molar-refractivity contribution is 0.267. The van der Waals surface area contributed by atoms with Crippen molar-refractivity contribution in [2.45, 2.75) is 11.5 Å². The van der Waals surface area contributed by atoms with Crippen LogP contribution in [0.15, 0.2) is 53.4 Å². The normalized spacial score (nSPS) is 10.3. The number of methoxy groups -OCH3 is 1. The number of rotatable bonds is 7. The molecule has 0 aliphatic heterocycles. The summed E-state index contributed by atoms with van der Waals surface area (Å²) in [5.74, 6) is 2.26. The fourth-order valence-electron chi connectivity index (χ4n) is 1.75. The number of thioether (sulfide) groups is 1. The second-order valence-electron chi connectivity index (χ2n) is 4.14. The average molecular weight is 290 g/mol. The SMILES string of the molecule is COc1ccc(CO)c(OCCSc2ccccc2)c1. The molecule has 0 aliphatic rings. The van der Waals surface area contributed by atoms with Crippen molar-refractivity contribution < 1.29 is 14.6 Å². The van der Waals surface area contributed by atoms with Gasteiger partial charge in [-0.1, -0.05) is 18.2 Å². The Hall–Kier alpha value is -1.65. The highest BCUT2D eigenvalue weighted by molar-refractivity contribution is 7.99. The highest BCUT2D eigenvalue weighted by Gasteiger charge is 2.05. The van der Waals surface area contributed by atoms with Crippen LogP contribution >= 0.6 is 11.8 Å². The highest BCUT2D eigenvalue weighted by atomic mass is 32.2. The minimum Gasteiger partial charge on any atom is -0.497 e. The molecule has 20 heavy (non-hydrogen) atoms. The van der Waals surface area contributed by atoms with E-state index < -0.39 is 0 Å². The standard InChI is InChI=1S/C16H18O3S/c1-18-14-8-7-13(12-17)16(11-14)19-9-10-20-15-5-3-2-4-6-15/h2-8,11,17H,9-10,12H2,1H3. The van der Waals surface area contributed by atoms with Gasteiger partial charge in [0.25, 0.3) is 0 Å². The van der Waals surface area contributed by atoms with Gasteiger partial charge >= 0.3 is 0 Å². The second kappa shape index (κ2) is 7.82. The molecule has 2 aromatic carbocycles. The van der Waals surface area contributed by atoms with Crippen molar-refractivity contribution in [3.63, 3.8) is 0 Å². The molecule has 3 nitrogen and oxygen atoms in total. The van der Waals surface area contributed by atoms with Gasteiger partial charge in [-0.05, 0) is 24.3 Å². The molecule has 0 spiro atoms. The molecule has 2 rings (SSSR count). The van der Waals surface area contributed by atoms with Gasteiger partial charge in [0.2, 0.25) is 0 Å². The molecule has 2 aromatic rings. The first kappa shape index (κ1) is 14.8. The zero-order valence-electron chi connectivity index (χ0n) is 11.4. The number of ether oxygens (including phenoxy) is 2. The van der Waals surface area contributed by atoms with Crippen LogP contribution in [0.3, 0.4) is 0 Å². The van der Waals surface area contributed by atoms with E-state index in [2.05, 4.69) is 12.1 Å². The fraction of sp³-hybridized carbons (Fsp3) is 0.250. The van der Waals surface area contributed by atoms with Crippen LogP contribution in [0, 0.1) is 0 Å². The third kappa shape index (κ3) is 4.18. The van der Waals surface area contributed by atoms with Gasteiger partial charge in [0, 0.05) is 22.3 Å². The first-order valence-electron chi connectivity index (χ1n) is 6.42. The molecule has 0 saturated heterocycles. The number of hydrogen-bond donors (Lipinski definition) is 1. The molecule has 0 aromatic heterocycles. The molecule has 0 bridgehead atoms.